The summed E-state index contributed by atoms with van der Waals surface area (Å²) < 4.78 is 11.9. The fourth-order valence-corrected chi connectivity index (χ4v) is 5.61. The quantitative estimate of drug-likeness (QED) is 0.162. The van der Waals surface area contributed by atoms with Crippen molar-refractivity contribution in [3.05, 3.63) is 95.5 Å². The topological polar surface area (TPSA) is 160 Å². The van der Waals surface area contributed by atoms with Crippen LogP contribution in [0.1, 0.15) is 63.8 Å². The number of para-hydroxylation sites is 1. The molecule has 6 rings (SSSR count). The van der Waals surface area contributed by atoms with Gasteiger partial charge in [-0.05, 0) is 55.3 Å². The van der Waals surface area contributed by atoms with Gasteiger partial charge < -0.3 is 19.8 Å². The minimum atomic E-state index is -1.06. The third kappa shape index (κ3) is 6.31. The predicted octanol–water partition coefficient (Wildman–Crippen LogP) is 2.88. The number of rotatable bonds is 12. The summed E-state index contributed by atoms with van der Waals surface area (Å²) in [5.41, 5.74) is 1.95. The van der Waals surface area contributed by atoms with Crippen molar-refractivity contribution in [3.63, 3.8) is 0 Å². The number of carbonyl (C=O) groups excluding carboxylic acids is 5. The zero-order valence-corrected chi connectivity index (χ0v) is 24.3. The van der Waals surface area contributed by atoms with Crippen LogP contribution in [0.25, 0.3) is 11.0 Å². The zero-order valence-electron chi connectivity index (χ0n) is 24.3. The Morgan fingerprint density at radius 3 is 2.71 bits per heavy atom. The second-order valence-corrected chi connectivity index (χ2v) is 10.8. The Balaban J connectivity index is 0.981. The van der Waals surface area contributed by atoms with Gasteiger partial charge in [-0.2, -0.15) is 0 Å². The van der Waals surface area contributed by atoms with Crippen LogP contribution in [0.2, 0.25) is 0 Å². The fraction of sp³-hybridized carbons (Fsp3) is 0.273. The maximum atomic E-state index is 13.2. The molecule has 0 spiro atoms. The van der Waals surface area contributed by atoms with Gasteiger partial charge >= 0.3 is 0 Å². The Hall–Kier alpha value is -5.36. The number of aromatic nitrogens is 1. The van der Waals surface area contributed by atoms with Gasteiger partial charge in [-0.3, -0.25) is 39.2 Å². The number of benzene rings is 2. The number of amides is 5. The lowest BCUT2D eigenvalue weighted by Crippen LogP contribution is -2.54. The largest absolute Gasteiger partial charge is 0.491 e. The zero-order chi connectivity index (χ0) is 31.3. The second kappa shape index (κ2) is 13.1. The van der Waals surface area contributed by atoms with Gasteiger partial charge in [-0.15, -0.1) is 0 Å². The Morgan fingerprint density at radius 1 is 1.04 bits per heavy atom. The molecule has 1 fully saturated rings. The Morgan fingerprint density at radius 2 is 1.91 bits per heavy atom. The first-order valence-electron chi connectivity index (χ1n) is 14.8. The molecule has 45 heavy (non-hydrogen) atoms. The molecule has 230 valence electrons. The molecule has 0 radical (unpaired) electrons. The van der Waals surface area contributed by atoms with Crippen molar-refractivity contribution in [2.75, 3.05) is 19.7 Å². The summed E-state index contributed by atoms with van der Waals surface area (Å²) in [7, 11) is 0. The SMILES string of the molecule is O=C(CCCNC(c1cccnc1)c1cc2ccccc2o1)NCCOc1cccc2c1C(=O)N(C1CCC(=O)NC1=O)C2=O. The average molecular weight is 610 g/mol. The molecule has 2 aromatic heterocycles. The summed E-state index contributed by atoms with van der Waals surface area (Å²) in [6.07, 6.45) is 4.46. The summed E-state index contributed by atoms with van der Waals surface area (Å²) >= 11 is 0. The van der Waals surface area contributed by atoms with E-state index in [-0.39, 0.29) is 61.2 Å². The van der Waals surface area contributed by atoms with Crippen molar-refractivity contribution >= 4 is 40.5 Å². The van der Waals surface area contributed by atoms with Gasteiger partial charge in [0.05, 0.1) is 23.7 Å². The smallest absolute Gasteiger partial charge is 0.266 e. The maximum absolute atomic E-state index is 13.2. The highest BCUT2D eigenvalue weighted by molar-refractivity contribution is 6.24. The van der Waals surface area contributed by atoms with Crippen molar-refractivity contribution in [1.82, 2.24) is 25.8 Å². The van der Waals surface area contributed by atoms with Crippen LogP contribution in [0, 0.1) is 0 Å². The number of piperidine rings is 1. The van der Waals surface area contributed by atoms with E-state index < -0.39 is 29.7 Å². The molecule has 12 nitrogen and oxygen atoms in total. The highest BCUT2D eigenvalue weighted by Crippen LogP contribution is 2.33. The molecule has 2 atom stereocenters. The van der Waals surface area contributed by atoms with E-state index in [1.807, 2.05) is 42.5 Å². The van der Waals surface area contributed by atoms with E-state index in [9.17, 15) is 24.0 Å². The van der Waals surface area contributed by atoms with Crippen molar-refractivity contribution in [2.24, 2.45) is 0 Å². The number of pyridine rings is 1. The lowest BCUT2D eigenvalue weighted by molar-refractivity contribution is -0.136. The minimum absolute atomic E-state index is 0.0370. The molecule has 4 heterocycles. The van der Waals surface area contributed by atoms with E-state index >= 15 is 0 Å². The van der Waals surface area contributed by atoms with E-state index in [1.54, 1.807) is 24.5 Å². The normalized spacial score (nSPS) is 16.9. The molecule has 3 N–H and O–H groups in total. The molecule has 2 unspecified atom stereocenters. The molecule has 2 aliphatic heterocycles. The van der Waals surface area contributed by atoms with Crippen molar-refractivity contribution in [1.29, 1.82) is 0 Å². The number of ether oxygens (including phenoxy) is 1. The van der Waals surface area contributed by atoms with Crippen LogP contribution in [0.5, 0.6) is 5.75 Å². The van der Waals surface area contributed by atoms with E-state index in [4.69, 9.17) is 9.15 Å². The maximum Gasteiger partial charge on any atom is 0.266 e. The van der Waals surface area contributed by atoms with Gasteiger partial charge in [0.15, 0.2) is 0 Å². The summed E-state index contributed by atoms with van der Waals surface area (Å²) in [5, 5.41) is 9.48. The van der Waals surface area contributed by atoms with Crippen molar-refractivity contribution in [3.8, 4) is 5.75 Å². The number of carbonyl (C=O) groups is 5. The third-order valence-electron chi connectivity index (χ3n) is 7.79. The Kier molecular flexibility index (Phi) is 8.65. The molecule has 5 amide bonds. The molecule has 0 bridgehead atoms. The first kappa shape index (κ1) is 29.7. The number of imide groups is 2. The van der Waals surface area contributed by atoms with Gasteiger partial charge in [-0.1, -0.05) is 30.3 Å². The highest BCUT2D eigenvalue weighted by Gasteiger charge is 2.46. The first-order chi connectivity index (χ1) is 21.9. The Bertz CT molecular complexity index is 1740. The van der Waals surface area contributed by atoms with Gasteiger partial charge in [0.1, 0.15) is 29.7 Å². The monoisotopic (exact) mass is 609 g/mol. The summed E-state index contributed by atoms with van der Waals surface area (Å²) in [6.45, 7) is 0.804. The van der Waals surface area contributed by atoms with Crippen molar-refractivity contribution in [2.45, 2.75) is 37.8 Å². The van der Waals surface area contributed by atoms with Gasteiger partial charge in [-0.25, -0.2) is 0 Å². The van der Waals surface area contributed by atoms with Crippen LogP contribution in [0.4, 0.5) is 0 Å². The summed E-state index contributed by atoms with van der Waals surface area (Å²) in [5.74, 6) is -1.58. The molecular weight excluding hydrogens is 578 g/mol. The summed E-state index contributed by atoms with van der Waals surface area (Å²) in [4.78, 5) is 67.7. The molecule has 1 saturated heterocycles. The highest BCUT2D eigenvalue weighted by atomic mass is 16.5. The summed E-state index contributed by atoms with van der Waals surface area (Å²) in [6, 6.07) is 17.0. The third-order valence-corrected chi connectivity index (χ3v) is 7.79. The van der Waals surface area contributed by atoms with E-state index in [1.165, 1.54) is 6.07 Å². The van der Waals surface area contributed by atoms with E-state index in [0.29, 0.717) is 13.0 Å². The fourth-order valence-electron chi connectivity index (χ4n) is 5.61. The van der Waals surface area contributed by atoms with Crippen LogP contribution in [-0.2, 0) is 14.4 Å². The number of hydrogen-bond donors (Lipinski definition) is 3. The Labute approximate surface area is 258 Å². The molecule has 4 aromatic rings. The van der Waals surface area contributed by atoms with Crippen LogP contribution in [0.3, 0.4) is 0 Å². The first-order valence-corrected chi connectivity index (χ1v) is 14.8. The van der Waals surface area contributed by atoms with E-state index in [2.05, 4.69) is 20.9 Å². The average Bonchev–Trinajstić information content (AvgIpc) is 3.58. The van der Waals surface area contributed by atoms with Crippen LogP contribution < -0.4 is 20.7 Å². The van der Waals surface area contributed by atoms with Gasteiger partial charge in [0.2, 0.25) is 17.7 Å². The molecule has 12 heteroatoms. The molecular formula is C33H31N5O7. The molecule has 0 aliphatic carbocycles. The number of hydrogen-bond acceptors (Lipinski definition) is 9. The van der Waals surface area contributed by atoms with Gasteiger partial charge in [0.25, 0.3) is 11.8 Å². The lowest BCUT2D eigenvalue weighted by Gasteiger charge is -2.27. The molecule has 2 aromatic carbocycles. The standard InChI is InChI=1S/C33H31N5O7/c39-27(11-5-15-36-30(21-7-4-14-34-19-21)26-18-20-6-1-2-9-24(20)45-26)35-16-17-44-25-10-3-8-22-29(25)33(43)38(32(22)42)23-12-13-28(40)37-31(23)41/h1-4,6-10,14,18-19,23,30,36H,5,11-13,15-17H2,(H,35,39)(H,37,40,41). The number of fused-ring (bicyclic) bond motifs is 2. The number of nitrogens with zero attached hydrogens (tertiary/aromatic N) is 2. The molecule has 0 saturated carbocycles. The predicted molar refractivity (Wildman–Crippen MR) is 161 cm³/mol. The second-order valence-electron chi connectivity index (χ2n) is 10.8. The minimum Gasteiger partial charge on any atom is -0.491 e. The number of furan rings is 1. The van der Waals surface area contributed by atoms with Crippen LogP contribution in [0.15, 0.2) is 77.5 Å². The van der Waals surface area contributed by atoms with Crippen molar-refractivity contribution < 1.29 is 33.1 Å². The van der Waals surface area contributed by atoms with Crippen LogP contribution in [-0.4, -0.2) is 65.2 Å². The van der Waals surface area contributed by atoms with Crippen LogP contribution >= 0.6 is 0 Å². The molecule has 2 aliphatic rings. The van der Waals surface area contributed by atoms with E-state index in [0.717, 1.165) is 27.2 Å². The number of nitrogens with one attached hydrogen (secondary N) is 3. The lowest BCUT2D eigenvalue weighted by atomic mass is 10.0. The van der Waals surface area contributed by atoms with Gasteiger partial charge in [0, 0.05) is 30.6 Å².